The molecular formula is C29H29FO4. The molecular weight excluding hydrogens is 431 g/mol. The molecule has 1 aliphatic carbocycles. The Hall–Kier alpha value is -3.44. The molecule has 34 heavy (non-hydrogen) atoms. The monoisotopic (exact) mass is 460 g/mol. The molecule has 2 N–H and O–H groups in total. The molecule has 0 heterocycles. The quantitative estimate of drug-likeness (QED) is 0.424. The molecule has 4 nitrogen and oxygen atoms in total. The highest BCUT2D eigenvalue weighted by atomic mass is 19.1. The molecule has 0 spiro atoms. The van der Waals surface area contributed by atoms with Gasteiger partial charge in [-0.3, -0.25) is 0 Å². The number of rotatable bonds is 7. The molecule has 0 aliphatic heterocycles. The van der Waals surface area contributed by atoms with Crippen LogP contribution in [0.3, 0.4) is 0 Å². The lowest BCUT2D eigenvalue weighted by Gasteiger charge is -2.35. The minimum absolute atomic E-state index is 0.0447. The van der Waals surface area contributed by atoms with Gasteiger partial charge in [0.15, 0.2) is 0 Å². The zero-order chi connectivity index (χ0) is 24.3. The third kappa shape index (κ3) is 5.37. The van der Waals surface area contributed by atoms with Crippen LogP contribution in [-0.2, 0) is 18.4 Å². The highest BCUT2D eigenvalue weighted by molar-refractivity contribution is 5.87. The van der Waals surface area contributed by atoms with Gasteiger partial charge in [0, 0.05) is 5.56 Å². The van der Waals surface area contributed by atoms with Gasteiger partial charge in [-0.1, -0.05) is 56.3 Å². The van der Waals surface area contributed by atoms with E-state index in [4.69, 9.17) is 9.84 Å². The lowest BCUT2D eigenvalue weighted by atomic mass is 9.71. The van der Waals surface area contributed by atoms with E-state index in [0.717, 1.165) is 41.7 Å². The molecule has 0 saturated heterocycles. The van der Waals surface area contributed by atoms with Crippen LogP contribution in [0.15, 0.2) is 66.7 Å². The number of aryl methyl sites for hydroxylation is 1. The Kier molecular flexibility index (Phi) is 6.85. The number of ether oxygens (including phenoxy) is 1. The van der Waals surface area contributed by atoms with Crippen LogP contribution < -0.4 is 4.74 Å². The molecule has 176 valence electrons. The van der Waals surface area contributed by atoms with Crippen LogP contribution in [0.5, 0.6) is 5.75 Å². The third-order valence-corrected chi connectivity index (χ3v) is 6.41. The summed E-state index contributed by atoms with van der Waals surface area (Å²) in [5.74, 6) is -0.503. The van der Waals surface area contributed by atoms with Crippen LogP contribution in [-0.4, -0.2) is 16.2 Å². The van der Waals surface area contributed by atoms with E-state index >= 15 is 0 Å². The first kappa shape index (κ1) is 23.7. The van der Waals surface area contributed by atoms with Crippen LogP contribution in [0.25, 0.3) is 6.08 Å². The lowest BCUT2D eigenvalue weighted by Crippen LogP contribution is -2.25. The van der Waals surface area contributed by atoms with Gasteiger partial charge in [0.2, 0.25) is 0 Å². The number of aliphatic hydroxyl groups excluding tert-OH is 1. The van der Waals surface area contributed by atoms with Crippen molar-refractivity contribution in [3.63, 3.8) is 0 Å². The molecule has 0 amide bonds. The van der Waals surface area contributed by atoms with E-state index in [0.29, 0.717) is 6.61 Å². The molecule has 5 heteroatoms. The first-order valence-corrected chi connectivity index (χ1v) is 11.5. The number of aliphatic hydroxyl groups is 1. The Bertz CT molecular complexity index is 1190. The van der Waals surface area contributed by atoms with Gasteiger partial charge in [0.25, 0.3) is 0 Å². The van der Waals surface area contributed by atoms with Crippen molar-refractivity contribution in [2.75, 3.05) is 0 Å². The Morgan fingerprint density at radius 2 is 1.82 bits per heavy atom. The fraction of sp³-hybridized carbons (Fsp3) is 0.276. The van der Waals surface area contributed by atoms with E-state index in [1.807, 2.05) is 6.07 Å². The summed E-state index contributed by atoms with van der Waals surface area (Å²) >= 11 is 0. The summed E-state index contributed by atoms with van der Waals surface area (Å²) in [6.07, 6.45) is 5.67. The number of benzene rings is 3. The third-order valence-electron chi connectivity index (χ3n) is 6.41. The molecule has 0 saturated carbocycles. The first-order chi connectivity index (χ1) is 16.2. The minimum Gasteiger partial charge on any atom is -0.489 e. The number of carboxylic acids is 1. The Labute approximate surface area is 199 Å². The number of carboxylic acid groups (broad SMARTS) is 1. The second kappa shape index (κ2) is 9.82. The molecule has 0 radical (unpaired) electrons. The van der Waals surface area contributed by atoms with Crippen molar-refractivity contribution in [3.05, 3.63) is 106 Å². The van der Waals surface area contributed by atoms with Crippen molar-refractivity contribution in [3.8, 4) is 5.75 Å². The van der Waals surface area contributed by atoms with Crippen LogP contribution in [0.1, 0.15) is 71.0 Å². The fourth-order valence-electron chi connectivity index (χ4n) is 4.58. The lowest BCUT2D eigenvalue weighted by molar-refractivity contribution is 0.0697. The van der Waals surface area contributed by atoms with Crippen LogP contribution >= 0.6 is 0 Å². The summed E-state index contributed by atoms with van der Waals surface area (Å²) in [6, 6.07) is 16.7. The Morgan fingerprint density at radius 1 is 1.12 bits per heavy atom. The molecule has 3 aromatic rings. The standard InChI is InChI=1S/C29H29FO4/c1-29(2)15-3-4-22-16-23(25(31)14-9-19-5-10-21(11-6-19)28(32)33)17-26(27(22)29)34-18-20-7-12-24(30)13-8-20/h5-14,16-17,25,31H,3-4,15,18H2,1-2H3,(H,32,33). The van der Waals surface area contributed by atoms with Crippen LogP contribution in [0.4, 0.5) is 4.39 Å². The van der Waals surface area contributed by atoms with Gasteiger partial charge in [-0.25, -0.2) is 9.18 Å². The molecule has 3 aromatic carbocycles. The van der Waals surface area contributed by atoms with Gasteiger partial charge in [-0.2, -0.15) is 0 Å². The first-order valence-electron chi connectivity index (χ1n) is 11.5. The van der Waals surface area contributed by atoms with Gasteiger partial charge in [0.1, 0.15) is 18.2 Å². The van der Waals surface area contributed by atoms with Crippen molar-refractivity contribution < 1.29 is 24.1 Å². The number of aromatic carboxylic acids is 1. The van der Waals surface area contributed by atoms with Gasteiger partial charge < -0.3 is 14.9 Å². The average Bonchev–Trinajstić information content (AvgIpc) is 2.81. The maximum atomic E-state index is 13.3. The largest absolute Gasteiger partial charge is 0.489 e. The van der Waals surface area contributed by atoms with Crippen molar-refractivity contribution >= 4 is 12.0 Å². The van der Waals surface area contributed by atoms with Gasteiger partial charge in [0.05, 0.1) is 11.7 Å². The van der Waals surface area contributed by atoms with Gasteiger partial charge >= 0.3 is 5.97 Å². The van der Waals surface area contributed by atoms with Crippen molar-refractivity contribution in [2.45, 2.75) is 51.2 Å². The normalized spacial score (nSPS) is 15.6. The average molecular weight is 461 g/mol. The second-order valence-corrected chi connectivity index (χ2v) is 9.44. The summed E-state index contributed by atoms with van der Waals surface area (Å²) in [7, 11) is 0. The van der Waals surface area contributed by atoms with E-state index in [1.54, 1.807) is 36.4 Å². The zero-order valence-corrected chi connectivity index (χ0v) is 19.4. The van der Waals surface area contributed by atoms with E-state index in [9.17, 15) is 14.3 Å². The predicted molar refractivity (Wildman–Crippen MR) is 131 cm³/mol. The topological polar surface area (TPSA) is 66.8 Å². The van der Waals surface area contributed by atoms with Gasteiger partial charge in [-0.15, -0.1) is 0 Å². The second-order valence-electron chi connectivity index (χ2n) is 9.44. The summed E-state index contributed by atoms with van der Waals surface area (Å²) in [4.78, 5) is 11.0. The van der Waals surface area contributed by atoms with E-state index in [-0.39, 0.29) is 16.8 Å². The fourth-order valence-corrected chi connectivity index (χ4v) is 4.58. The number of halogens is 1. The van der Waals surface area contributed by atoms with Crippen molar-refractivity contribution in [1.29, 1.82) is 0 Å². The molecule has 1 atom stereocenters. The van der Waals surface area contributed by atoms with Crippen LogP contribution in [0.2, 0.25) is 0 Å². The maximum absolute atomic E-state index is 13.3. The SMILES string of the molecule is CC1(C)CCCc2cc(C(O)C=Cc3ccc(C(=O)O)cc3)cc(OCc3ccc(F)cc3)c21. The van der Waals surface area contributed by atoms with E-state index in [2.05, 4.69) is 19.9 Å². The highest BCUT2D eigenvalue weighted by Gasteiger charge is 2.31. The number of hydrogen-bond donors (Lipinski definition) is 2. The number of fused-ring (bicyclic) bond motifs is 1. The maximum Gasteiger partial charge on any atom is 0.335 e. The molecule has 0 fully saturated rings. The summed E-state index contributed by atoms with van der Waals surface area (Å²) in [6.45, 7) is 4.74. The van der Waals surface area contributed by atoms with Crippen molar-refractivity contribution in [1.82, 2.24) is 0 Å². The molecule has 1 unspecified atom stereocenters. The van der Waals surface area contributed by atoms with Crippen molar-refractivity contribution in [2.24, 2.45) is 0 Å². The summed E-state index contributed by atoms with van der Waals surface area (Å²) in [5.41, 5.74) is 4.94. The Balaban J connectivity index is 1.61. The van der Waals surface area contributed by atoms with E-state index in [1.165, 1.54) is 35.4 Å². The summed E-state index contributed by atoms with van der Waals surface area (Å²) in [5, 5.41) is 20.0. The molecule has 0 bridgehead atoms. The number of hydrogen-bond acceptors (Lipinski definition) is 3. The predicted octanol–water partition coefficient (Wildman–Crippen LogP) is 6.46. The van der Waals surface area contributed by atoms with Gasteiger partial charge in [-0.05, 0) is 77.3 Å². The van der Waals surface area contributed by atoms with E-state index < -0.39 is 12.1 Å². The smallest absolute Gasteiger partial charge is 0.335 e. The number of carbonyl (C=O) groups is 1. The molecule has 1 aliphatic rings. The van der Waals surface area contributed by atoms with Crippen LogP contribution in [0, 0.1) is 5.82 Å². The molecule has 4 rings (SSSR count). The Morgan fingerprint density at radius 3 is 2.50 bits per heavy atom. The zero-order valence-electron chi connectivity index (χ0n) is 19.4. The molecule has 0 aromatic heterocycles. The summed E-state index contributed by atoms with van der Waals surface area (Å²) < 4.78 is 19.5. The minimum atomic E-state index is -0.972. The highest BCUT2D eigenvalue weighted by Crippen LogP contribution is 2.44.